The van der Waals surface area contributed by atoms with E-state index >= 15 is 0 Å². The number of nitrogens with zero attached hydrogens (tertiary/aromatic N) is 1. The predicted molar refractivity (Wildman–Crippen MR) is 89.6 cm³/mol. The Morgan fingerprint density at radius 1 is 1.09 bits per heavy atom. The van der Waals surface area contributed by atoms with Crippen LogP contribution in [0.25, 0.3) is 0 Å². The molecule has 0 bridgehead atoms. The monoisotopic (exact) mass is 321 g/mol. The van der Waals surface area contributed by atoms with Crippen molar-refractivity contribution in [3.63, 3.8) is 0 Å². The molecule has 0 radical (unpaired) electrons. The number of hydrogen-bond acceptors (Lipinski definition) is 5. The fourth-order valence-corrected chi connectivity index (χ4v) is 2.43. The van der Waals surface area contributed by atoms with Gasteiger partial charge in [-0.25, -0.2) is 0 Å². The highest BCUT2D eigenvalue weighted by Crippen LogP contribution is 2.30. The molecule has 0 unspecified atom stereocenters. The van der Waals surface area contributed by atoms with E-state index < -0.39 is 0 Å². The quantitative estimate of drug-likeness (QED) is 0.723. The second-order valence-corrected chi connectivity index (χ2v) is 6.31. The summed E-state index contributed by atoms with van der Waals surface area (Å²) in [5, 5.41) is 0. The summed E-state index contributed by atoms with van der Waals surface area (Å²) >= 11 is 0. The van der Waals surface area contributed by atoms with Crippen molar-refractivity contribution in [2.24, 2.45) is 0 Å². The molecule has 5 nitrogen and oxygen atoms in total. The molecule has 0 amide bonds. The van der Waals surface area contributed by atoms with E-state index in [0.717, 1.165) is 13.1 Å². The van der Waals surface area contributed by atoms with E-state index in [-0.39, 0.29) is 18.0 Å². The minimum absolute atomic E-state index is 0.0223. The molecule has 0 saturated carbocycles. The number of Topliss-reactive ketones (excluding diaryl/α,β-unsaturated/α-hetero) is 1. The number of hydrogen-bond donors (Lipinski definition) is 0. The summed E-state index contributed by atoms with van der Waals surface area (Å²) in [6.45, 7) is 11.3. The Labute approximate surface area is 138 Å². The first-order valence-corrected chi connectivity index (χ1v) is 8.26. The molecule has 1 aliphatic rings. The second-order valence-electron chi connectivity index (χ2n) is 6.31. The zero-order chi connectivity index (χ0) is 16.8. The minimum atomic E-state index is 0.0223. The van der Waals surface area contributed by atoms with Gasteiger partial charge >= 0.3 is 0 Å². The maximum atomic E-state index is 12.5. The van der Waals surface area contributed by atoms with Crippen molar-refractivity contribution in [1.82, 2.24) is 4.90 Å². The molecule has 0 N–H and O–H groups in total. The van der Waals surface area contributed by atoms with E-state index in [4.69, 9.17) is 14.2 Å². The van der Waals surface area contributed by atoms with Crippen LogP contribution in [0.3, 0.4) is 0 Å². The first kappa shape index (κ1) is 17.8. The van der Waals surface area contributed by atoms with Crippen molar-refractivity contribution in [2.45, 2.75) is 39.9 Å². The van der Waals surface area contributed by atoms with Crippen LogP contribution in [-0.2, 0) is 4.74 Å². The standard InChI is InChI=1S/C18H27NO4/c1-13(2)22-17-6-5-15(11-18(17)23-14(3)4)16(20)12-19-7-9-21-10-8-19/h5-6,11,13-14H,7-10,12H2,1-4H3. The van der Waals surface area contributed by atoms with Gasteiger partial charge in [-0.05, 0) is 45.9 Å². The van der Waals surface area contributed by atoms with Crippen molar-refractivity contribution in [3.8, 4) is 11.5 Å². The topological polar surface area (TPSA) is 48.0 Å². The van der Waals surface area contributed by atoms with Crippen LogP contribution in [0.4, 0.5) is 0 Å². The molecule has 1 saturated heterocycles. The van der Waals surface area contributed by atoms with E-state index in [9.17, 15) is 4.79 Å². The Morgan fingerprint density at radius 3 is 2.30 bits per heavy atom. The normalized spacial score (nSPS) is 15.9. The molecule has 23 heavy (non-hydrogen) atoms. The lowest BCUT2D eigenvalue weighted by Crippen LogP contribution is -2.39. The number of rotatable bonds is 7. The van der Waals surface area contributed by atoms with Crippen molar-refractivity contribution < 1.29 is 19.0 Å². The highest BCUT2D eigenvalue weighted by atomic mass is 16.5. The maximum Gasteiger partial charge on any atom is 0.176 e. The van der Waals surface area contributed by atoms with E-state index in [1.165, 1.54) is 0 Å². The lowest BCUT2D eigenvalue weighted by Gasteiger charge is -2.26. The van der Waals surface area contributed by atoms with E-state index in [0.29, 0.717) is 36.8 Å². The number of carbonyl (C=O) groups excluding carboxylic acids is 1. The smallest absolute Gasteiger partial charge is 0.176 e. The van der Waals surface area contributed by atoms with Crippen molar-refractivity contribution in [2.75, 3.05) is 32.8 Å². The lowest BCUT2D eigenvalue weighted by molar-refractivity contribution is 0.0371. The van der Waals surface area contributed by atoms with Crippen LogP contribution in [0.2, 0.25) is 0 Å². The molecule has 2 rings (SSSR count). The van der Waals surface area contributed by atoms with Gasteiger partial charge in [-0.2, -0.15) is 0 Å². The molecule has 0 aromatic heterocycles. The van der Waals surface area contributed by atoms with Crippen molar-refractivity contribution in [1.29, 1.82) is 0 Å². The molecule has 1 aromatic carbocycles. The molecule has 1 aliphatic heterocycles. The van der Waals surface area contributed by atoms with Gasteiger partial charge in [-0.15, -0.1) is 0 Å². The lowest BCUT2D eigenvalue weighted by atomic mass is 10.1. The van der Waals surface area contributed by atoms with Gasteiger partial charge in [0, 0.05) is 18.7 Å². The van der Waals surface area contributed by atoms with Crippen LogP contribution in [0.5, 0.6) is 11.5 Å². The highest BCUT2D eigenvalue weighted by molar-refractivity contribution is 5.98. The molecule has 0 aliphatic carbocycles. The minimum Gasteiger partial charge on any atom is -0.487 e. The molecule has 0 spiro atoms. The van der Waals surface area contributed by atoms with Crippen molar-refractivity contribution >= 4 is 5.78 Å². The summed E-state index contributed by atoms with van der Waals surface area (Å²) in [7, 11) is 0. The van der Waals surface area contributed by atoms with Gasteiger partial charge in [0.15, 0.2) is 17.3 Å². The molecule has 0 atom stereocenters. The zero-order valence-electron chi connectivity index (χ0n) is 14.5. The molecule has 128 valence electrons. The predicted octanol–water partition coefficient (Wildman–Crippen LogP) is 2.78. The highest BCUT2D eigenvalue weighted by Gasteiger charge is 2.18. The third kappa shape index (κ3) is 5.52. The Morgan fingerprint density at radius 2 is 1.70 bits per heavy atom. The van der Waals surface area contributed by atoms with Crippen LogP contribution < -0.4 is 9.47 Å². The first-order chi connectivity index (χ1) is 11.0. The number of ether oxygens (including phenoxy) is 3. The fourth-order valence-electron chi connectivity index (χ4n) is 2.43. The Bertz CT molecular complexity index is 522. The van der Waals surface area contributed by atoms with Gasteiger partial charge in [0.2, 0.25) is 0 Å². The van der Waals surface area contributed by atoms with Crippen LogP contribution in [-0.4, -0.2) is 55.7 Å². The Balaban J connectivity index is 2.12. The van der Waals surface area contributed by atoms with Crippen LogP contribution in [0, 0.1) is 0 Å². The third-order valence-electron chi connectivity index (χ3n) is 3.46. The van der Waals surface area contributed by atoms with Gasteiger partial charge < -0.3 is 14.2 Å². The largest absolute Gasteiger partial charge is 0.487 e. The molecule has 1 aromatic rings. The number of morpholine rings is 1. The average Bonchev–Trinajstić information content (AvgIpc) is 2.49. The molecule has 1 heterocycles. The van der Waals surface area contributed by atoms with E-state index in [1.54, 1.807) is 6.07 Å². The maximum absolute atomic E-state index is 12.5. The molecule has 1 fully saturated rings. The van der Waals surface area contributed by atoms with Gasteiger partial charge in [-0.1, -0.05) is 0 Å². The van der Waals surface area contributed by atoms with E-state index in [1.807, 2.05) is 39.8 Å². The number of ketones is 1. The Hall–Kier alpha value is -1.59. The van der Waals surface area contributed by atoms with Gasteiger partial charge in [0.1, 0.15) is 0 Å². The Kier molecular flexibility index (Phi) is 6.42. The summed E-state index contributed by atoms with van der Waals surface area (Å²) in [6, 6.07) is 5.43. The average molecular weight is 321 g/mol. The summed E-state index contributed by atoms with van der Waals surface area (Å²) < 4.78 is 16.9. The van der Waals surface area contributed by atoms with Crippen LogP contribution >= 0.6 is 0 Å². The van der Waals surface area contributed by atoms with Gasteiger partial charge in [-0.3, -0.25) is 9.69 Å². The van der Waals surface area contributed by atoms with Crippen molar-refractivity contribution in [3.05, 3.63) is 23.8 Å². The fraction of sp³-hybridized carbons (Fsp3) is 0.611. The SMILES string of the molecule is CC(C)Oc1ccc(C(=O)CN2CCOCC2)cc1OC(C)C. The zero-order valence-corrected chi connectivity index (χ0v) is 14.5. The number of carbonyl (C=O) groups is 1. The third-order valence-corrected chi connectivity index (χ3v) is 3.46. The summed E-state index contributed by atoms with van der Waals surface area (Å²) in [4.78, 5) is 14.6. The molecule has 5 heteroatoms. The van der Waals surface area contributed by atoms with Crippen LogP contribution in [0.1, 0.15) is 38.1 Å². The first-order valence-electron chi connectivity index (χ1n) is 8.26. The van der Waals surface area contributed by atoms with Crippen LogP contribution in [0.15, 0.2) is 18.2 Å². The van der Waals surface area contributed by atoms with E-state index in [2.05, 4.69) is 4.90 Å². The summed E-state index contributed by atoms with van der Waals surface area (Å²) in [6.07, 6.45) is 0.0773. The van der Waals surface area contributed by atoms with Gasteiger partial charge in [0.25, 0.3) is 0 Å². The number of benzene rings is 1. The van der Waals surface area contributed by atoms with Gasteiger partial charge in [0.05, 0.1) is 32.0 Å². The molecular formula is C18H27NO4. The summed E-state index contributed by atoms with van der Waals surface area (Å²) in [5.74, 6) is 1.40. The summed E-state index contributed by atoms with van der Waals surface area (Å²) in [5.41, 5.74) is 0.656. The molecular weight excluding hydrogens is 294 g/mol. The second kappa shape index (κ2) is 8.31.